The Bertz CT molecular complexity index is 1450. The number of rotatable bonds is 5. The van der Waals surface area contributed by atoms with Gasteiger partial charge in [0.25, 0.3) is 5.91 Å². The first-order valence-electron chi connectivity index (χ1n) is 10.5. The van der Waals surface area contributed by atoms with Crippen molar-refractivity contribution in [3.63, 3.8) is 0 Å². The van der Waals surface area contributed by atoms with Gasteiger partial charge in [0.05, 0.1) is 23.6 Å². The SMILES string of the molecule is COc1ccc(C(=O)Nc2ccc(NC(=O)Nc3ccc(C(F)(F)F)cc3)c(C)c2)c2c(N)noc12. The molecule has 0 saturated heterocycles. The summed E-state index contributed by atoms with van der Waals surface area (Å²) < 4.78 is 48.4. The van der Waals surface area contributed by atoms with Crippen molar-refractivity contribution in [3.8, 4) is 5.75 Å². The van der Waals surface area contributed by atoms with Gasteiger partial charge in [-0.2, -0.15) is 13.2 Å². The number of nitrogens with zero attached hydrogens (tertiary/aromatic N) is 1. The lowest BCUT2D eigenvalue weighted by atomic mass is 10.1. The van der Waals surface area contributed by atoms with Crippen molar-refractivity contribution in [3.05, 3.63) is 71.3 Å². The Morgan fingerprint density at radius 3 is 2.31 bits per heavy atom. The van der Waals surface area contributed by atoms with Crippen LogP contribution in [0.1, 0.15) is 21.5 Å². The number of benzene rings is 3. The van der Waals surface area contributed by atoms with Crippen molar-refractivity contribution in [1.29, 1.82) is 0 Å². The lowest BCUT2D eigenvalue weighted by molar-refractivity contribution is -0.137. The number of alkyl halides is 3. The molecule has 0 saturated carbocycles. The highest BCUT2D eigenvalue weighted by Gasteiger charge is 2.30. The number of nitrogens with two attached hydrogens (primary N) is 1. The van der Waals surface area contributed by atoms with E-state index in [0.717, 1.165) is 24.3 Å². The predicted molar refractivity (Wildman–Crippen MR) is 128 cm³/mol. The van der Waals surface area contributed by atoms with Crippen molar-refractivity contribution in [2.45, 2.75) is 13.1 Å². The third kappa shape index (κ3) is 5.02. The van der Waals surface area contributed by atoms with Crippen LogP contribution in [-0.4, -0.2) is 24.2 Å². The lowest BCUT2D eigenvalue weighted by Gasteiger charge is -2.13. The molecule has 3 amide bonds. The maximum Gasteiger partial charge on any atom is 0.416 e. The van der Waals surface area contributed by atoms with E-state index in [4.69, 9.17) is 15.0 Å². The van der Waals surface area contributed by atoms with E-state index in [1.165, 1.54) is 7.11 Å². The number of nitrogen functional groups attached to an aromatic ring is 1. The monoisotopic (exact) mass is 499 g/mol. The number of urea groups is 1. The van der Waals surface area contributed by atoms with E-state index in [1.54, 1.807) is 37.3 Å². The van der Waals surface area contributed by atoms with Crippen molar-refractivity contribution in [1.82, 2.24) is 5.16 Å². The standard InChI is InChI=1S/C24H20F3N5O4/c1-12-11-15(29-22(33)16-8-10-18(35-2)20-19(16)21(28)32-36-20)7-9-17(12)31-23(34)30-14-5-3-13(4-6-14)24(25,26)27/h3-11H,1-2H3,(H2,28,32)(H,29,33)(H2,30,31,34). The van der Waals surface area contributed by atoms with Crippen LogP contribution < -0.4 is 26.4 Å². The molecule has 1 heterocycles. The number of ether oxygens (including phenoxy) is 1. The van der Waals surface area contributed by atoms with Gasteiger partial charge in [-0.05, 0) is 67.1 Å². The van der Waals surface area contributed by atoms with E-state index < -0.39 is 23.7 Å². The first-order chi connectivity index (χ1) is 17.1. The molecule has 36 heavy (non-hydrogen) atoms. The molecule has 0 radical (unpaired) electrons. The number of carbonyl (C=O) groups is 2. The summed E-state index contributed by atoms with van der Waals surface area (Å²) in [6, 6.07) is 11.3. The molecular weight excluding hydrogens is 479 g/mol. The average Bonchev–Trinajstić information content (AvgIpc) is 3.21. The zero-order valence-corrected chi connectivity index (χ0v) is 19.0. The van der Waals surface area contributed by atoms with Crippen LogP contribution in [0.2, 0.25) is 0 Å². The summed E-state index contributed by atoms with van der Waals surface area (Å²) in [6.45, 7) is 1.72. The molecule has 9 nitrogen and oxygen atoms in total. The second kappa shape index (κ2) is 9.49. The van der Waals surface area contributed by atoms with Crippen LogP contribution in [0.4, 0.5) is 40.8 Å². The Morgan fingerprint density at radius 2 is 1.67 bits per heavy atom. The fourth-order valence-corrected chi connectivity index (χ4v) is 3.51. The van der Waals surface area contributed by atoms with Crippen LogP contribution in [0.3, 0.4) is 0 Å². The number of amides is 3. The Balaban J connectivity index is 1.44. The zero-order valence-electron chi connectivity index (χ0n) is 19.0. The van der Waals surface area contributed by atoms with Crippen molar-refractivity contribution >= 4 is 45.8 Å². The second-order valence-corrected chi connectivity index (χ2v) is 7.73. The van der Waals surface area contributed by atoms with E-state index in [2.05, 4.69) is 21.1 Å². The van der Waals surface area contributed by atoms with Crippen LogP contribution >= 0.6 is 0 Å². The van der Waals surface area contributed by atoms with E-state index in [9.17, 15) is 22.8 Å². The van der Waals surface area contributed by atoms with Crippen LogP contribution in [-0.2, 0) is 6.18 Å². The van der Waals surface area contributed by atoms with Gasteiger partial charge in [0.1, 0.15) is 0 Å². The number of methoxy groups -OCH3 is 1. The molecule has 186 valence electrons. The Hall–Kier alpha value is -4.74. The molecule has 0 atom stereocenters. The molecule has 0 aliphatic carbocycles. The number of carbonyl (C=O) groups excluding carboxylic acids is 2. The minimum Gasteiger partial charge on any atom is -0.493 e. The number of halogens is 3. The molecule has 1 aromatic heterocycles. The quantitative estimate of drug-likeness (QED) is 0.281. The zero-order chi connectivity index (χ0) is 26.0. The molecule has 12 heteroatoms. The fourth-order valence-electron chi connectivity index (χ4n) is 3.51. The number of anilines is 4. The van der Waals surface area contributed by atoms with Crippen molar-refractivity contribution in [2.24, 2.45) is 0 Å². The molecule has 0 unspecified atom stereocenters. The highest BCUT2D eigenvalue weighted by molar-refractivity contribution is 6.15. The predicted octanol–water partition coefficient (Wildman–Crippen LogP) is 5.64. The van der Waals surface area contributed by atoms with Gasteiger partial charge >= 0.3 is 12.2 Å². The minimum absolute atomic E-state index is 0.0452. The van der Waals surface area contributed by atoms with E-state index in [1.807, 2.05) is 0 Å². The van der Waals surface area contributed by atoms with Gasteiger partial charge in [0, 0.05) is 17.1 Å². The molecule has 4 aromatic rings. The molecule has 0 bridgehead atoms. The Morgan fingerprint density at radius 1 is 0.972 bits per heavy atom. The van der Waals surface area contributed by atoms with Crippen molar-refractivity contribution in [2.75, 3.05) is 28.8 Å². The van der Waals surface area contributed by atoms with Crippen LogP contribution in [0.25, 0.3) is 11.0 Å². The summed E-state index contributed by atoms with van der Waals surface area (Å²) in [6.07, 6.45) is -4.46. The third-order valence-corrected chi connectivity index (χ3v) is 5.28. The van der Waals surface area contributed by atoms with Crippen LogP contribution in [0.5, 0.6) is 5.75 Å². The molecule has 5 N–H and O–H groups in total. The van der Waals surface area contributed by atoms with E-state index in [-0.39, 0.29) is 22.7 Å². The van der Waals surface area contributed by atoms with Crippen LogP contribution in [0, 0.1) is 6.92 Å². The molecule has 0 aliphatic rings. The van der Waals surface area contributed by atoms with Gasteiger partial charge in [-0.1, -0.05) is 5.16 Å². The van der Waals surface area contributed by atoms with Gasteiger partial charge in [-0.25, -0.2) is 4.79 Å². The topological polar surface area (TPSA) is 132 Å². The maximum absolute atomic E-state index is 12.9. The van der Waals surface area contributed by atoms with Gasteiger partial charge in [0.2, 0.25) is 5.58 Å². The number of aryl methyl sites for hydroxylation is 1. The molecule has 0 aliphatic heterocycles. The second-order valence-electron chi connectivity index (χ2n) is 7.73. The minimum atomic E-state index is -4.46. The highest BCUT2D eigenvalue weighted by Crippen LogP contribution is 2.33. The number of nitrogens with one attached hydrogen (secondary N) is 3. The van der Waals surface area contributed by atoms with E-state index >= 15 is 0 Å². The summed E-state index contributed by atoms with van der Waals surface area (Å²) in [5, 5.41) is 11.9. The molecule has 0 spiro atoms. The molecular formula is C24H20F3N5O4. The number of hydrogen-bond donors (Lipinski definition) is 4. The van der Waals surface area contributed by atoms with Crippen LogP contribution in [0.15, 0.2) is 59.1 Å². The summed E-state index contributed by atoms with van der Waals surface area (Å²) in [5.41, 5.74) is 7.24. The number of hydrogen-bond acceptors (Lipinski definition) is 6. The Kier molecular flexibility index (Phi) is 6.43. The number of aromatic nitrogens is 1. The van der Waals surface area contributed by atoms with Gasteiger partial charge in [-0.3, -0.25) is 4.79 Å². The lowest BCUT2D eigenvalue weighted by Crippen LogP contribution is -2.20. The van der Waals surface area contributed by atoms with Crippen molar-refractivity contribution < 1.29 is 32.0 Å². The summed E-state index contributed by atoms with van der Waals surface area (Å²) in [7, 11) is 1.45. The third-order valence-electron chi connectivity index (χ3n) is 5.28. The smallest absolute Gasteiger partial charge is 0.416 e. The normalized spacial score (nSPS) is 11.2. The Labute approximate surface area is 202 Å². The number of fused-ring (bicyclic) bond motifs is 1. The average molecular weight is 499 g/mol. The summed E-state index contributed by atoms with van der Waals surface area (Å²) in [4.78, 5) is 25.2. The molecule has 0 fully saturated rings. The molecule has 4 rings (SSSR count). The summed E-state index contributed by atoms with van der Waals surface area (Å²) >= 11 is 0. The van der Waals surface area contributed by atoms with Gasteiger partial charge in [0.15, 0.2) is 11.6 Å². The first kappa shape index (κ1) is 24.4. The van der Waals surface area contributed by atoms with Gasteiger partial charge in [-0.15, -0.1) is 0 Å². The molecule has 3 aromatic carbocycles. The first-order valence-corrected chi connectivity index (χ1v) is 10.5. The maximum atomic E-state index is 12.9. The fraction of sp³-hybridized carbons (Fsp3) is 0.125. The van der Waals surface area contributed by atoms with E-state index in [0.29, 0.717) is 28.1 Å². The van der Waals surface area contributed by atoms with Gasteiger partial charge < -0.3 is 30.9 Å². The highest BCUT2D eigenvalue weighted by atomic mass is 19.4. The summed E-state index contributed by atoms with van der Waals surface area (Å²) in [5.74, 6) is -0.0341. The largest absolute Gasteiger partial charge is 0.493 e.